The van der Waals surface area contributed by atoms with E-state index in [1.54, 1.807) is 0 Å². The second-order valence-corrected chi connectivity index (χ2v) is 4.07. The molecule has 0 aromatic rings. The van der Waals surface area contributed by atoms with Crippen LogP contribution < -0.4 is 5.32 Å². The van der Waals surface area contributed by atoms with Crippen LogP contribution in [-0.4, -0.2) is 30.5 Å². The summed E-state index contributed by atoms with van der Waals surface area (Å²) in [5, 5.41) is 3.86. The van der Waals surface area contributed by atoms with Crippen molar-refractivity contribution in [3.63, 3.8) is 0 Å². The fourth-order valence-corrected chi connectivity index (χ4v) is 1.46. The van der Waals surface area contributed by atoms with E-state index in [2.05, 4.69) is 21.2 Å². The Morgan fingerprint density at radius 3 is 2.79 bits per heavy atom. The molecule has 1 N–H and O–H groups in total. The smallest absolute Gasteiger partial charge is 0.220 e. The minimum Gasteiger partial charge on any atom is -0.380 e. The molecule has 0 rings (SSSR count). The van der Waals surface area contributed by atoms with E-state index < -0.39 is 0 Å². The van der Waals surface area contributed by atoms with Crippen molar-refractivity contribution >= 4 is 21.8 Å². The predicted octanol–water partition coefficient (Wildman–Crippen LogP) is 2.09. The van der Waals surface area contributed by atoms with E-state index in [-0.39, 0.29) is 11.9 Å². The maximum atomic E-state index is 11.3. The zero-order valence-electron chi connectivity index (χ0n) is 9.01. The Bertz CT molecular complexity index is 153. The molecule has 0 aliphatic rings. The Morgan fingerprint density at radius 2 is 2.21 bits per heavy atom. The normalized spacial score (nSPS) is 12.5. The van der Waals surface area contributed by atoms with Crippen molar-refractivity contribution < 1.29 is 9.53 Å². The Balaban J connectivity index is 3.40. The second-order valence-electron chi connectivity index (χ2n) is 3.27. The third-order valence-electron chi connectivity index (χ3n) is 1.77. The fraction of sp³-hybridized carbons (Fsp3) is 0.900. The summed E-state index contributed by atoms with van der Waals surface area (Å²) in [4.78, 5) is 11.3. The van der Waals surface area contributed by atoms with Crippen LogP contribution in [0.25, 0.3) is 0 Å². The molecule has 0 aliphatic carbocycles. The van der Waals surface area contributed by atoms with Gasteiger partial charge in [0.15, 0.2) is 0 Å². The van der Waals surface area contributed by atoms with E-state index in [0.717, 1.165) is 18.2 Å². The molecule has 14 heavy (non-hydrogen) atoms. The summed E-state index contributed by atoms with van der Waals surface area (Å²) >= 11 is 3.33. The summed E-state index contributed by atoms with van der Waals surface area (Å²) in [7, 11) is 0. The molecule has 1 unspecified atom stereocenters. The van der Waals surface area contributed by atoms with Crippen molar-refractivity contribution in [1.82, 2.24) is 5.32 Å². The van der Waals surface area contributed by atoms with Gasteiger partial charge in [0.25, 0.3) is 0 Å². The number of unbranched alkanes of at least 4 members (excludes halogenated alkanes) is 1. The largest absolute Gasteiger partial charge is 0.380 e. The average molecular weight is 266 g/mol. The van der Waals surface area contributed by atoms with Crippen LogP contribution in [0, 0.1) is 0 Å². The molecule has 0 aromatic carbocycles. The lowest BCUT2D eigenvalue weighted by Gasteiger charge is -2.13. The topological polar surface area (TPSA) is 38.3 Å². The van der Waals surface area contributed by atoms with Crippen LogP contribution in [0.3, 0.4) is 0 Å². The molecule has 0 fully saturated rings. The number of ether oxygens (including phenoxy) is 1. The molecule has 0 radical (unpaired) electrons. The van der Waals surface area contributed by atoms with Gasteiger partial charge in [-0.15, -0.1) is 0 Å². The van der Waals surface area contributed by atoms with Gasteiger partial charge in [0.1, 0.15) is 0 Å². The van der Waals surface area contributed by atoms with Gasteiger partial charge in [0, 0.05) is 24.4 Å². The van der Waals surface area contributed by atoms with Crippen LogP contribution in [0.5, 0.6) is 0 Å². The molecule has 0 saturated carbocycles. The van der Waals surface area contributed by atoms with Crippen molar-refractivity contribution in [3.8, 4) is 0 Å². The fourth-order valence-electron chi connectivity index (χ4n) is 1.06. The molecule has 0 saturated heterocycles. The summed E-state index contributed by atoms with van der Waals surface area (Å²) in [5.74, 6) is 0.123. The number of amides is 1. The van der Waals surface area contributed by atoms with Gasteiger partial charge < -0.3 is 10.1 Å². The Morgan fingerprint density at radius 1 is 1.50 bits per heavy atom. The van der Waals surface area contributed by atoms with Crippen molar-refractivity contribution in [2.24, 2.45) is 0 Å². The highest BCUT2D eigenvalue weighted by Gasteiger charge is 2.06. The first-order valence-electron chi connectivity index (χ1n) is 5.13. The minimum absolute atomic E-state index is 0.117. The molecule has 0 spiro atoms. The van der Waals surface area contributed by atoms with Crippen LogP contribution in [-0.2, 0) is 9.53 Å². The first-order valence-corrected chi connectivity index (χ1v) is 6.26. The van der Waals surface area contributed by atoms with Gasteiger partial charge in [0.2, 0.25) is 5.91 Å². The minimum atomic E-state index is 0.117. The number of hydrogen-bond acceptors (Lipinski definition) is 2. The lowest BCUT2D eigenvalue weighted by molar-refractivity contribution is -0.122. The first kappa shape index (κ1) is 13.9. The van der Waals surface area contributed by atoms with Crippen molar-refractivity contribution in [1.29, 1.82) is 0 Å². The van der Waals surface area contributed by atoms with Crippen molar-refractivity contribution in [2.75, 3.05) is 18.5 Å². The van der Waals surface area contributed by atoms with Gasteiger partial charge in [-0.2, -0.15) is 0 Å². The van der Waals surface area contributed by atoms with Gasteiger partial charge in [-0.25, -0.2) is 0 Å². The third-order valence-corrected chi connectivity index (χ3v) is 2.33. The summed E-state index contributed by atoms with van der Waals surface area (Å²) in [5.41, 5.74) is 0. The Kier molecular flexibility index (Phi) is 9.40. The molecule has 1 atom stereocenters. The number of carbonyl (C=O) groups excluding carboxylic acids is 1. The summed E-state index contributed by atoms with van der Waals surface area (Å²) in [6, 6.07) is 0.117. The number of rotatable bonds is 8. The van der Waals surface area contributed by atoms with Gasteiger partial charge in [-0.3, -0.25) is 4.79 Å². The van der Waals surface area contributed by atoms with Gasteiger partial charge >= 0.3 is 0 Å². The zero-order chi connectivity index (χ0) is 10.8. The standard InChI is InChI=1S/C10H20BrNO2/c1-3-14-8-9(2)12-10(13)6-4-5-7-11/h9H,3-8H2,1-2H3,(H,12,13). The lowest BCUT2D eigenvalue weighted by Crippen LogP contribution is -2.35. The zero-order valence-corrected chi connectivity index (χ0v) is 10.6. The van der Waals surface area contributed by atoms with Crippen molar-refractivity contribution in [3.05, 3.63) is 0 Å². The van der Waals surface area contributed by atoms with E-state index in [4.69, 9.17) is 4.74 Å². The maximum absolute atomic E-state index is 11.3. The Labute approximate surface area is 94.7 Å². The summed E-state index contributed by atoms with van der Waals surface area (Å²) in [6.07, 6.45) is 2.60. The number of alkyl halides is 1. The molecule has 4 heteroatoms. The van der Waals surface area contributed by atoms with E-state index in [0.29, 0.717) is 19.6 Å². The van der Waals surface area contributed by atoms with E-state index in [1.165, 1.54) is 0 Å². The molecule has 0 aromatic heterocycles. The monoisotopic (exact) mass is 265 g/mol. The van der Waals surface area contributed by atoms with E-state index in [1.807, 2.05) is 13.8 Å². The number of halogens is 1. The molecule has 0 heterocycles. The second kappa shape index (κ2) is 9.46. The van der Waals surface area contributed by atoms with Crippen LogP contribution in [0.1, 0.15) is 33.1 Å². The number of hydrogen-bond donors (Lipinski definition) is 1. The van der Waals surface area contributed by atoms with Gasteiger partial charge in [-0.1, -0.05) is 15.9 Å². The molecule has 0 bridgehead atoms. The van der Waals surface area contributed by atoms with E-state index >= 15 is 0 Å². The Hall–Kier alpha value is -0.0900. The average Bonchev–Trinajstić information content (AvgIpc) is 2.15. The lowest BCUT2D eigenvalue weighted by atomic mass is 10.2. The highest BCUT2D eigenvalue weighted by atomic mass is 79.9. The molecule has 1 amide bonds. The van der Waals surface area contributed by atoms with E-state index in [9.17, 15) is 4.79 Å². The summed E-state index contributed by atoms with van der Waals surface area (Å²) < 4.78 is 5.20. The molecular formula is C10H20BrNO2. The first-order chi connectivity index (χ1) is 6.70. The number of nitrogens with one attached hydrogen (secondary N) is 1. The van der Waals surface area contributed by atoms with Gasteiger partial charge in [0.05, 0.1) is 6.61 Å². The molecular weight excluding hydrogens is 246 g/mol. The third kappa shape index (κ3) is 8.51. The quantitative estimate of drug-likeness (QED) is 0.539. The van der Waals surface area contributed by atoms with Crippen LogP contribution in [0.4, 0.5) is 0 Å². The molecule has 3 nitrogen and oxygen atoms in total. The van der Waals surface area contributed by atoms with Crippen LogP contribution in [0.15, 0.2) is 0 Å². The molecule has 84 valence electrons. The van der Waals surface area contributed by atoms with Crippen molar-refractivity contribution in [2.45, 2.75) is 39.2 Å². The van der Waals surface area contributed by atoms with Crippen LogP contribution in [0.2, 0.25) is 0 Å². The maximum Gasteiger partial charge on any atom is 0.220 e. The highest BCUT2D eigenvalue weighted by Crippen LogP contribution is 1.98. The van der Waals surface area contributed by atoms with Gasteiger partial charge in [-0.05, 0) is 26.7 Å². The summed E-state index contributed by atoms with van der Waals surface area (Å²) in [6.45, 7) is 5.20. The SMILES string of the molecule is CCOCC(C)NC(=O)CCCCBr. The number of carbonyl (C=O) groups is 1. The predicted molar refractivity (Wildman–Crippen MR) is 61.7 cm³/mol. The highest BCUT2D eigenvalue weighted by molar-refractivity contribution is 9.09. The van der Waals surface area contributed by atoms with Crippen LogP contribution >= 0.6 is 15.9 Å². The molecule has 0 aliphatic heterocycles.